The molecule has 4 nitrogen and oxygen atoms in total. The smallest absolute Gasteiger partial charge is 0.326 e. The second kappa shape index (κ2) is 7.04. The Hall–Kier alpha value is -2.40. The van der Waals surface area contributed by atoms with Crippen molar-refractivity contribution in [2.24, 2.45) is 0 Å². The number of benzene rings is 2. The van der Waals surface area contributed by atoms with Crippen LogP contribution in [-0.4, -0.2) is 23.0 Å². The van der Waals surface area contributed by atoms with Crippen LogP contribution in [0.1, 0.15) is 15.9 Å². The third-order valence-electron chi connectivity index (χ3n) is 3.09. The second-order valence-electron chi connectivity index (χ2n) is 4.67. The van der Waals surface area contributed by atoms with Crippen molar-refractivity contribution < 1.29 is 19.1 Å². The first kappa shape index (κ1) is 16.0. The average Bonchev–Trinajstić information content (AvgIpc) is 2.49. The molecule has 0 aliphatic carbocycles. The molecule has 22 heavy (non-hydrogen) atoms. The Morgan fingerprint density at radius 2 is 1.77 bits per heavy atom. The number of carbonyl (C=O) groups is 2. The molecule has 0 fully saturated rings. The van der Waals surface area contributed by atoms with E-state index in [0.29, 0.717) is 5.02 Å². The van der Waals surface area contributed by atoms with Gasteiger partial charge in [0.25, 0.3) is 5.91 Å². The fraction of sp³-hybridized carbons (Fsp3) is 0.125. The lowest BCUT2D eigenvalue weighted by Crippen LogP contribution is -2.42. The van der Waals surface area contributed by atoms with Gasteiger partial charge in [-0.1, -0.05) is 29.8 Å². The Morgan fingerprint density at radius 3 is 2.36 bits per heavy atom. The number of carbonyl (C=O) groups excluding carboxylic acids is 1. The van der Waals surface area contributed by atoms with Crippen molar-refractivity contribution in [2.75, 3.05) is 0 Å². The molecule has 6 heteroatoms. The van der Waals surface area contributed by atoms with Gasteiger partial charge < -0.3 is 10.4 Å². The summed E-state index contributed by atoms with van der Waals surface area (Å²) in [6.07, 6.45) is -0.138. The van der Waals surface area contributed by atoms with Gasteiger partial charge in [-0.15, -0.1) is 0 Å². The molecule has 2 rings (SSSR count). The van der Waals surface area contributed by atoms with E-state index in [2.05, 4.69) is 5.32 Å². The van der Waals surface area contributed by atoms with E-state index >= 15 is 0 Å². The molecule has 114 valence electrons. The highest BCUT2D eigenvalue weighted by molar-refractivity contribution is 6.30. The van der Waals surface area contributed by atoms with Crippen LogP contribution in [0.5, 0.6) is 0 Å². The predicted octanol–water partition coefficient (Wildman–Crippen LogP) is 2.90. The maximum absolute atomic E-state index is 13.6. The van der Waals surface area contributed by atoms with E-state index in [0.717, 1.165) is 0 Å². The van der Waals surface area contributed by atoms with Crippen LogP contribution in [0.4, 0.5) is 4.39 Å². The van der Waals surface area contributed by atoms with Crippen molar-refractivity contribution in [3.8, 4) is 0 Å². The van der Waals surface area contributed by atoms with E-state index < -0.39 is 23.7 Å². The SMILES string of the molecule is O=C(N[C@@H](Cc1ccccc1F)C(=O)O)c1ccc(Cl)cc1. The Kier molecular flexibility index (Phi) is 5.12. The first-order chi connectivity index (χ1) is 10.5. The Bertz CT molecular complexity index is 688. The Labute approximate surface area is 131 Å². The molecule has 0 radical (unpaired) electrons. The van der Waals surface area contributed by atoms with Crippen LogP contribution in [0, 0.1) is 5.82 Å². The molecule has 0 saturated carbocycles. The summed E-state index contributed by atoms with van der Waals surface area (Å²) < 4.78 is 13.6. The predicted molar refractivity (Wildman–Crippen MR) is 80.4 cm³/mol. The number of carboxylic acids is 1. The van der Waals surface area contributed by atoms with Crippen molar-refractivity contribution in [3.05, 3.63) is 70.5 Å². The maximum atomic E-state index is 13.6. The molecule has 0 saturated heterocycles. The number of carboxylic acid groups (broad SMARTS) is 1. The summed E-state index contributed by atoms with van der Waals surface area (Å²) in [6, 6.07) is 10.7. The third-order valence-corrected chi connectivity index (χ3v) is 3.34. The summed E-state index contributed by atoms with van der Waals surface area (Å²) in [4.78, 5) is 23.3. The summed E-state index contributed by atoms with van der Waals surface area (Å²) in [5, 5.41) is 12.1. The second-order valence-corrected chi connectivity index (χ2v) is 5.10. The minimum Gasteiger partial charge on any atom is -0.480 e. The number of hydrogen-bond acceptors (Lipinski definition) is 2. The highest BCUT2D eigenvalue weighted by atomic mass is 35.5. The highest BCUT2D eigenvalue weighted by Gasteiger charge is 2.22. The minimum atomic E-state index is -1.23. The highest BCUT2D eigenvalue weighted by Crippen LogP contribution is 2.12. The standard InChI is InChI=1S/C16H13ClFNO3/c17-12-7-5-10(6-8-12)15(20)19-14(16(21)22)9-11-3-1-2-4-13(11)18/h1-8,14H,9H2,(H,19,20)(H,21,22)/t14-/m0/s1. The van der Waals surface area contributed by atoms with Crippen LogP contribution in [0.3, 0.4) is 0 Å². The molecule has 0 spiro atoms. The number of hydrogen-bond donors (Lipinski definition) is 2. The quantitative estimate of drug-likeness (QED) is 0.890. The third kappa shape index (κ3) is 4.05. The van der Waals surface area contributed by atoms with Gasteiger partial charge in [-0.05, 0) is 35.9 Å². The maximum Gasteiger partial charge on any atom is 0.326 e. The average molecular weight is 322 g/mol. The fourth-order valence-electron chi connectivity index (χ4n) is 1.93. The summed E-state index contributed by atoms with van der Waals surface area (Å²) in [6.45, 7) is 0. The van der Waals surface area contributed by atoms with Gasteiger partial charge in [0, 0.05) is 17.0 Å². The van der Waals surface area contributed by atoms with Crippen molar-refractivity contribution in [2.45, 2.75) is 12.5 Å². The largest absolute Gasteiger partial charge is 0.480 e. The molecule has 2 N–H and O–H groups in total. The van der Waals surface area contributed by atoms with Gasteiger partial charge >= 0.3 is 5.97 Å². The molecule has 0 unspecified atom stereocenters. The summed E-state index contributed by atoms with van der Waals surface area (Å²) in [5.41, 5.74) is 0.510. The summed E-state index contributed by atoms with van der Waals surface area (Å²) >= 11 is 5.73. The zero-order chi connectivity index (χ0) is 16.1. The molecular weight excluding hydrogens is 309 g/mol. The molecule has 1 atom stereocenters. The molecule has 0 bridgehead atoms. The monoisotopic (exact) mass is 321 g/mol. The topological polar surface area (TPSA) is 66.4 Å². The van der Waals surface area contributed by atoms with E-state index in [-0.39, 0.29) is 17.5 Å². The fourth-order valence-corrected chi connectivity index (χ4v) is 2.05. The van der Waals surface area contributed by atoms with Gasteiger partial charge in [-0.2, -0.15) is 0 Å². The van der Waals surface area contributed by atoms with Crippen molar-refractivity contribution >= 4 is 23.5 Å². The summed E-state index contributed by atoms with van der Waals surface area (Å²) in [5.74, 6) is -2.29. The Balaban J connectivity index is 2.12. The number of halogens is 2. The molecule has 0 heterocycles. The van der Waals surface area contributed by atoms with E-state index in [1.165, 1.54) is 42.5 Å². The van der Waals surface area contributed by atoms with Gasteiger partial charge in [-0.25, -0.2) is 9.18 Å². The first-order valence-electron chi connectivity index (χ1n) is 6.50. The molecule has 0 aromatic heterocycles. The van der Waals surface area contributed by atoms with Crippen LogP contribution >= 0.6 is 11.6 Å². The van der Waals surface area contributed by atoms with Crippen molar-refractivity contribution in [3.63, 3.8) is 0 Å². The molecule has 0 aliphatic heterocycles. The lowest BCUT2D eigenvalue weighted by Gasteiger charge is -2.15. The molecule has 2 aromatic rings. The van der Waals surface area contributed by atoms with Crippen molar-refractivity contribution in [1.82, 2.24) is 5.32 Å². The van der Waals surface area contributed by atoms with Gasteiger partial charge in [0.2, 0.25) is 0 Å². The molecule has 1 amide bonds. The van der Waals surface area contributed by atoms with Crippen molar-refractivity contribution in [1.29, 1.82) is 0 Å². The molecule has 2 aromatic carbocycles. The van der Waals surface area contributed by atoms with Gasteiger partial charge in [-0.3, -0.25) is 4.79 Å². The zero-order valence-corrected chi connectivity index (χ0v) is 12.2. The lowest BCUT2D eigenvalue weighted by atomic mass is 10.0. The van der Waals surface area contributed by atoms with Crippen LogP contribution in [-0.2, 0) is 11.2 Å². The van der Waals surface area contributed by atoms with Crippen LogP contribution in [0.2, 0.25) is 5.02 Å². The van der Waals surface area contributed by atoms with Gasteiger partial charge in [0.15, 0.2) is 0 Å². The first-order valence-corrected chi connectivity index (χ1v) is 6.88. The van der Waals surface area contributed by atoms with Crippen LogP contribution < -0.4 is 5.32 Å². The van der Waals surface area contributed by atoms with Crippen LogP contribution in [0.15, 0.2) is 48.5 Å². The summed E-state index contributed by atoms with van der Waals surface area (Å²) in [7, 11) is 0. The normalized spacial score (nSPS) is 11.7. The number of aliphatic carboxylic acids is 1. The number of amides is 1. The van der Waals surface area contributed by atoms with E-state index in [4.69, 9.17) is 11.6 Å². The molecular formula is C16H13ClFNO3. The molecule has 0 aliphatic rings. The van der Waals surface area contributed by atoms with E-state index in [1.807, 2.05) is 0 Å². The van der Waals surface area contributed by atoms with Gasteiger partial charge in [0.1, 0.15) is 11.9 Å². The lowest BCUT2D eigenvalue weighted by molar-refractivity contribution is -0.139. The van der Waals surface area contributed by atoms with Crippen LogP contribution in [0.25, 0.3) is 0 Å². The van der Waals surface area contributed by atoms with E-state index in [9.17, 15) is 19.1 Å². The van der Waals surface area contributed by atoms with Gasteiger partial charge in [0.05, 0.1) is 0 Å². The zero-order valence-electron chi connectivity index (χ0n) is 11.4. The van der Waals surface area contributed by atoms with E-state index in [1.54, 1.807) is 6.07 Å². The number of nitrogens with one attached hydrogen (secondary N) is 1. The minimum absolute atomic E-state index is 0.138. The Morgan fingerprint density at radius 1 is 1.14 bits per heavy atom. The number of rotatable bonds is 5.